The van der Waals surface area contributed by atoms with Crippen molar-refractivity contribution in [3.8, 4) is 5.75 Å². The minimum Gasteiger partial charge on any atom is -0.491 e. The molecule has 4 nitrogen and oxygen atoms in total. The number of ether oxygens (including phenoxy) is 2. The Balaban J connectivity index is 1.92. The van der Waals surface area contributed by atoms with Crippen molar-refractivity contribution >= 4 is 0 Å². The molecule has 0 amide bonds. The van der Waals surface area contributed by atoms with Crippen molar-refractivity contribution in [3.63, 3.8) is 0 Å². The summed E-state index contributed by atoms with van der Waals surface area (Å²) in [7, 11) is 0. The molecule has 1 aliphatic carbocycles. The Labute approximate surface area is 114 Å². The maximum atomic E-state index is 9.95. The van der Waals surface area contributed by atoms with Crippen LogP contribution in [0.2, 0.25) is 0 Å². The molecule has 0 radical (unpaired) electrons. The van der Waals surface area contributed by atoms with Crippen LogP contribution in [0, 0.1) is 0 Å². The molecule has 0 aromatic heterocycles. The van der Waals surface area contributed by atoms with E-state index in [1.165, 1.54) is 5.56 Å². The highest BCUT2D eigenvalue weighted by Gasteiger charge is 2.18. The topological polar surface area (TPSA) is 58.9 Å². The number of hydrogen-bond acceptors (Lipinski definition) is 4. The van der Waals surface area contributed by atoms with Gasteiger partial charge < -0.3 is 19.7 Å². The molecular formula is C15H22O4. The van der Waals surface area contributed by atoms with Crippen LogP contribution >= 0.6 is 0 Å². The number of fused-ring (bicyclic) bond motifs is 1. The summed E-state index contributed by atoms with van der Waals surface area (Å²) in [6.45, 7) is 2.96. The number of benzene rings is 1. The van der Waals surface area contributed by atoms with Gasteiger partial charge in [-0.15, -0.1) is 0 Å². The first kappa shape index (κ1) is 14.3. The van der Waals surface area contributed by atoms with Crippen LogP contribution in [-0.4, -0.2) is 36.1 Å². The van der Waals surface area contributed by atoms with Crippen molar-refractivity contribution < 1.29 is 19.7 Å². The monoisotopic (exact) mass is 266 g/mol. The molecular weight excluding hydrogens is 244 g/mol. The zero-order valence-corrected chi connectivity index (χ0v) is 11.3. The van der Waals surface area contributed by atoms with Gasteiger partial charge in [0.2, 0.25) is 0 Å². The normalized spacial score (nSPS) is 19.8. The number of aryl methyl sites for hydroxylation is 1. The second kappa shape index (κ2) is 6.89. The number of aliphatic hydroxyl groups excluding tert-OH is 2. The minimum atomic E-state index is -0.624. The Hall–Kier alpha value is -1.10. The summed E-state index contributed by atoms with van der Waals surface area (Å²) in [4.78, 5) is 0. The van der Waals surface area contributed by atoms with Gasteiger partial charge in [0, 0.05) is 6.61 Å². The van der Waals surface area contributed by atoms with Gasteiger partial charge in [-0.3, -0.25) is 0 Å². The molecule has 0 fully saturated rings. The first-order valence-corrected chi connectivity index (χ1v) is 6.90. The molecule has 19 heavy (non-hydrogen) atoms. The highest BCUT2D eigenvalue weighted by atomic mass is 16.5. The quantitative estimate of drug-likeness (QED) is 0.824. The molecule has 0 bridgehead atoms. The predicted molar refractivity (Wildman–Crippen MR) is 72.3 cm³/mol. The van der Waals surface area contributed by atoms with E-state index in [1.54, 1.807) is 0 Å². The van der Waals surface area contributed by atoms with Gasteiger partial charge in [-0.05, 0) is 49.4 Å². The summed E-state index contributed by atoms with van der Waals surface area (Å²) in [6.07, 6.45) is 1.84. The molecule has 0 aliphatic heterocycles. The summed E-state index contributed by atoms with van der Waals surface area (Å²) in [5.74, 6) is 0.690. The molecule has 1 aliphatic rings. The molecule has 106 valence electrons. The van der Waals surface area contributed by atoms with Crippen LogP contribution in [0.15, 0.2) is 18.2 Å². The number of aliphatic hydroxyl groups is 2. The van der Waals surface area contributed by atoms with E-state index in [2.05, 4.69) is 0 Å². The zero-order chi connectivity index (χ0) is 13.7. The zero-order valence-electron chi connectivity index (χ0n) is 11.3. The first-order chi connectivity index (χ1) is 9.20. The Morgan fingerprint density at radius 2 is 2.21 bits per heavy atom. The summed E-state index contributed by atoms with van der Waals surface area (Å²) in [5, 5.41) is 19.6. The molecule has 0 spiro atoms. The van der Waals surface area contributed by atoms with E-state index in [4.69, 9.17) is 9.47 Å². The lowest BCUT2D eigenvalue weighted by Gasteiger charge is -2.22. The number of hydrogen-bond donors (Lipinski definition) is 2. The molecule has 4 heteroatoms. The van der Waals surface area contributed by atoms with Crippen LogP contribution in [0.4, 0.5) is 0 Å². The SMILES string of the molecule is CCOCC(O)COc1ccc2c(c1)[C@@H](O)CCC2. The lowest BCUT2D eigenvalue weighted by Crippen LogP contribution is -2.23. The van der Waals surface area contributed by atoms with E-state index >= 15 is 0 Å². The lowest BCUT2D eigenvalue weighted by atomic mass is 9.89. The second-order valence-electron chi connectivity index (χ2n) is 4.89. The predicted octanol–water partition coefficient (Wildman–Crippen LogP) is 1.83. The van der Waals surface area contributed by atoms with E-state index in [0.717, 1.165) is 24.8 Å². The van der Waals surface area contributed by atoms with Crippen LogP contribution in [0.3, 0.4) is 0 Å². The van der Waals surface area contributed by atoms with Gasteiger partial charge in [0.05, 0.1) is 12.7 Å². The first-order valence-electron chi connectivity index (χ1n) is 6.90. The van der Waals surface area contributed by atoms with Crippen molar-refractivity contribution in [1.29, 1.82) is 0 Å². The largest absolute Gasteiger partial charge is 0.491 e. The maximum Gasteiger partial charge on any atom is 0.119 e. The molecule has 0 heterocycles. The fourth-order valence-electron chi connectivity index (χ4n) is 2.34. The van der Waals surface area contributed by atoms with Crippen LogP contribution in [0.25, 0.3) is 0 Å². The van der Waals surface area contributed by atoms with Crippen LogP contribution < -0.4 is 4.74 Å². The van der Waals surface area contributed by atoms with Gasteiger partial charge in [-0.25, -0.2) is 0 Å². The molecule has 1 aromatic carbocycles. The second-order valence-corrected chi connectivity index (χ2v) is 4.89. The Bertz CT molecular complexity index is 405. The summed E-state index contributed by atoms with van der Waals surface area (Å²) in [5.41, 5.74) is 2.16. The Morgan fingerprint density at radius 3 is 3.00 bits per heavy atom. The third kappa shape index (κ3) is 3.93. The van der Waals surface area contributed by atoms with Gasteiger partial charge in [0.1, 0.15) is 18.5 Å². The van der Waals surface area contributed by atoms with Crippen LogP contribution in [0.1, 0.15) is 37.0 Å². The Kier molecular flexibility index (Phi) is 5.19. The highest BCUT2D eigenvalue weighted by molar-refractivity contribution is 5.38. The molecule has 0 saturated carbocycles. The van der Waals surface area contributed by atoms with Gasteiger partial charge in [-0.1, -0.05) is 6.07 Å². The van der Waals surface area contributed by atoms with Crippen molar-refractivity contribution in [2.45, 2.75) is 38.4 Å². The average molecular weight is 266 g/mol. The molecule has 2 N–H and O–H groups in total. The fraction of sp³-hybridized carbons (Fsp3) is 0.600. The molecule has 2 rings (SSSR count). The van der Waals surface area contributed by atoms with Gasteiger partial charge in [0.25, 0.3) is 0 Å². The average Bonchev–Trinajstić information content (AvgIpc) is 2.43. The van der Waals surface area contributed by atoms with E-state index in [-0.39, 0.29) is 19.3 Å². The van der Waals surface area contributed by atoms with E-state index in [9.17, 15) is 10.2 Å². The van der Waals surface area contributed by atoms with Crippen LogP contribution in [-0.2, 0) is 11.2 Å². The number of rotatable bonds is 6. The van der Waals surface area contributed by atoms with Crippen molar-refractivity contribution in [2.75, 3.05) is 19.8 Å². The molecule has 1 aromatic rings. The standard InChI is InChI=1S/C15H22O4/c1-2-18-9-12(16)10-19-13-7-6-11-4-3-5-15(17)14(11)8-13/h6-8,12,15-17H,2-5,9-10H2,1H3/t12?,15-/m0/s1. The third-order valence-electron chi connectivity index (χ3n) is 3.36. The van der Waals surface area contributed by atoms with Gasteiger partial charge in [0.15, 0.2) is 0 Å². The smallest absolute Gasteiger partial charge is 0.119 e. The summed E-state index contributed by atoms with van der Waals surface area (Å²) < 4.78 is 10.7. The molecule has 2 atom stereocenters. The fourth-order valence-corrected chi connectivity index (χ4v) is 2.34. The van der Waals surface area contributed by atoms with Crippen LogP contribution in [0.5, 0.6) is 5.75 Å². The Morgan fingerprint density at radius 1 is 1.37 bits per heavy atom. The van der Waals surface area contributed by atoms with E-state index in [1.807, 2.05) is 25.1 Å². The molecule has 0 saturated heterocycles. The van der Waals surface area contributed by atoms with E-state index in [0.29, 0.717) is 12.4 Å². The summed E-state index contributed by atoms with van der Waals surface area (Å²) in [6, 6.07) is 5.78. The van der Waals surface area contributed by atoms with Gasteiger partial charge >= 0.3 is 0 Å². The van der Waals surface area contributed by atoms with E-state index < -0.39 is 6.10 Å². The molecule has 1 unspecified atom stereocenters. The van der Waals surface area contributed by atoms with Crippen molar-refractivity contribution in [2.24, 2.45) is 0 Å². The minimum absolute atomic E-state index is 0.203. The summed E-state index contributed by atoms with van der Waals surface area (Å²) >= 11 is 0. The van der Waals surface area contributed by atoms with Crippen molar-refractivity contribution in [3.05, 3.63) is 29.3 Å². The highest BCUT2D eigenvalue weighted by Crippen LogP contribution is 2.32. The third-order valence-corrected chi connectivity index (χ3v) is 3.36. The van der Waals surface area contributed by atoms with Crippen molar-refractivity contribution in [1.82, 2.24) is 0 Å². The maximum absolute atomic E-state index is 9.95. The van der Waals surface area contributed by atoms with Gasteiger partial charge in [-0.2, -0.15) is 0 Å². The lowest BCUT2D eigenvalue weighted by molar-refractivity contribution is 0.0164.